The van der Waals surface area contributed by atoms with E-state index in [9.17, 15) is 5.11 Å². The quantitative estimate of drug-likeness (QED) is 0.780. The summed E-state index contributed by atoms with van der Waals surface area (Å²) >= 11 is 0. The normalized spacial score (nSPS) is 18.2. The van der Waals surface area contributed by atoms with E-state index in [4.69, 9.17) is 4.74 Å². The fourth-order valence-electron chi connectivity index (χ4n) is 3.01. The third kappa shape index (κ3) is 3.35. The molecule has 0 unspecified atom stereocenters. The highest BCUT2D eigenvalue weighted by Gasteiger charge is 2.29. The van der Waals surface area contributed by atoms with Crippen LogP contribution in [-0.2, 0) is 5.41 Å². The first-order valence-corrected chi connectivity index (χ1v) is 7.96. The summed E-state index contributed by atoms with van der Waals surface area (Å²) in [7, 11) is 0. The standard InChI is InChI=1S/C18H28O2/c1-4-5-6-7-15(13-19)14-8-9-17-16(12-14)18(2,3)10-11-20-17/h8-9,12,15,19H,4-7,10-11,13H2,1-3H3/t15-/m1/s1. The van der Waals surface area contributed by atoms with Crippen molar-refractivity contribution >= 4 is 0 Å². The average Bonchev–Trinajstić information content (AvgIpc) is 2.43. The van der Waals surface area contributed by atoms with Gasteiger partial charge in [0, 0.05) is 18.1 Å². The highest BCUT2D eigenvalue weighted by atomic mass is 16.5. The van der Waals surface area contributed by atoms with E-state index in [0.29, 0.717) is 0 Å². The zero-order valence-corrected chi connectivity index (χ0v) is 13.1. The molecule has 1 atom stereocenters. The molecule has 2 heteroatoms. The van der Waals surface area contributed by atoms with Gasteiger partial charge in [0.25, 0.3) is 0 Å². The third-order valence-corrected chi connectivity index (χ3v) is 4.57. The number of fused-ring (bicyclic) bond motifs is 1. The first-order chi connectivity index (χ1) is 9.58. The Kier molecular flexibility index (Phi) is 5.09. The van der Waals surface area contributed by atoms with Crippen LogP contribution in [0.2, 0.25) is 0 Å². The van der Waals surface area contributed by atoms with Crippen molar-refractivity contribution in [2.45, 2.75) is 64.2 Å². The maximum Gasteiger partial charge on any atom is 0.123 e. The van der Waals surface area contributed by atoms with Crippen LogP contribution >= 0.6 is 0 Å². The number of hydrogen-bond donors (Lipinski definition) is 1. The number of unbranched alkanes of at least 4 members (excludes halogenated alkanes) is 2. The van der Waals surface area contributed by atoms with Crippen molar-refractivity contribution in [1.82, 2.24) is 0 Å². The molecule has 1 aliphatic heterocycles. The summed E-state index contributed by atoms with van der Waals surface area (Å²) in [4.78, 5) is 0. The molecule has 0 saturated heterocycles. The molecule has 0 fully saturated rings. The fourth-order valence-corrected chi connectivity index (χ4v) is 3.01. The van der Waals surface area contributed by atoms with E-state index >= 15 is 0 Å². The number of hydrogen-bond acceptors (Lipinski definition) is 2. The van der Waals surface area contributed by atoms with Gasteiger partial charge in [-0.2, -0.15) is 0 Å². The molecule has 1 N–H and O–H groups in total. The Morgan fingerprint density at radius 2 is 2.10 bits per heavy atom. The molecule has 1 aromatic carbocycles. The number of aliphatic hydroxyl groups is 1. The summed E-state index contributed by atoms with van der Waals surface area (Å²) in [5.74, 6) is 1.29. The monoisotopic (exact) mass is 276 g/mol. The molecule has 0 spiro atoms. The van der Waals surface area contributed by atoms with Gasteiger partial charge in [-0.15, -0.1) is 0 Å². The van der Waals surface area contributed by atoms with Crippen molar-refractivity contribution in [3.8, 4) is 5.75 Å². The summed E-state index contributed by atoms with van der Waals surface area (Å²) in [6.45, 7) is 7.82. The SMILES string of the molecule is CCCCC[C@H](CO)c1ccc2c(c1)C(C)(C)CCO2. The van der Waals surface area contributed by atoms with Gasteiger partial charge >= 0.3 is 0 Å². The fraction of sp³-hybridized carbons (Fsp3) is 0.667. The Hall–Kier alpha value is -1.02. The van der Waals surface area contributed by atoms with Crippen LogP contribution in [0.1, 0.15) is 69.9 Å². The molecule has 0 bridgehead atoms. The van der Waals surface area contributed by atoms with Gasteiger partial charge in [-0.3, -0.25) is 0 Å². The lowest BCUT2D eigenvalue weighted by Crippen LogP contribution is -2.27. The van der Waals surface area contributed by atoms with E-state index in [1.54, 1.807) is 0 Å². The van der Waals surface area contributed by atoms with Gasteiger partial charge in [-0.05, 0) is 29.9 Å². The molecule has 0 radical (unpaired) electrons. The van der Waals surface area contributed by atoms with E-state index in [1.807, 2.05) is 0 Å². The lowest BCUT2D eigenvalue weighted by atomic mass is 9.78. The minimum Gasteiger partial charge on any atom is -0.493 e. The van der Waals surface area contributed by atoms with Crippen LogP contribution in [0.15, 0.2) is 18.2 Å². The van der Waals surface area contributed by atoms with Gasteiger partial charge in [-0.25, -0.2) is 0 Å². The molecule has 0 aromatic heterocycles. The molecule has 1 aromatic rings. The summed E-state index contributed by atoms with van der Waals surface area (Å²) in [6.07, 6.45) is 5.80. The van der Waals surface area contributed by atoms with Crippen LogP contribution in [-0.4, -0.2) is 18.3 Å². The third-order valence-electron chi connectivity index (χ3n) is 4.57. The Morgan fingerprint density at radius 1 is 1.30 bits per heavy atom. The van der Waals surface area contributed by atoms with Crippen LogP contribution in [0.25, 0.3) is 0 Å². The molecule has 2 nitrogen and oxygen atoms in total. The molecular formula is C18H28O2. The van der Waals surface area contributed by atoms with E-state index in [-0.39, 0.29) is 17.9 Å². The van der Waals surface area contributed by atoms with Gasteiger partial charge in [0.05, 0.1) is 6.61 Å². The first kappa shape index (κ1) is 15.4. The van der Waals surface area contributed by atoms with Crippen molar-refractivity contribution < 1.29 is 9.84 Å². The highest BCUT2D eigenvalue weighted by Crippen LogP contribution is 2.40. The lowest BCUT2D eigenvalue weighted by molar-refractivity contribution is 0.232. The largest absolute Gasteiger partial charge is 0.493 e. The van der Waals surface area contributed by atoms with E-state index < -0.39 is 0 Å². The van der Waals surface area contributed by atoms with Gasteiger partial charge in [0.1, 0.15) is 5.75 Å². The van der Waals surface area contributed by atoms with Gasteiger partial charge in [0.2, 0.25) is 0 Å². The molecule has 1 aliphatic rings. The summed E-state index contributed by atoms with van der Waals surface area (Å²) in [6, 6.07) is 6.49. The predicted octanol–water partition coefficient (Wildman–Crippen LogP) is 4.40. The zero-order valence-electron chi connectivity index (χ0n) is 13.1. The molecule has 0 saturated carbocycles. The molecule has 2 rings (SSSR count). The number of aliphatic hydroxyl groups excluding tert-OH is 1. The molecule has 0 aliphatic carbocycles. The smallest absolute Gasteiger partial charge is 0.123 e. The lowest BCUT2D eigenvalue weighted by Gasteiger charge is -2.33. The van der Waals surface area contributed by atoms with Crippen molar-refractivity contribution in [1.29, 1.82) is 0 Å². The Balaban J connectivity index is 2.20. The second kappa shape index (κ2) is 6.62. The topological polar surface area (TPSA) is 29.5 Å². The number of benzene rings is 1. The maximum absolute atomic E-state index is 9.68. The maximum atomic E-state index is 9.68. The minimum absolute atomic E-state index is 0.174. The zero-order chi connectivity index (χ0) is 14.6. The van der Waals surface area contributed by atoms with Crippen LogP contribution < -0.4 is 4.74 Å². The molecule has 0 amide bonds. The van der Waals surface area contributed by atoms with E-state index in [1.165, 1.54) is 30.4 Å². The van der Waals surface area contributed by atoms with Crippen molar-refractivity contribution in [2.24, 2.45) is 0 Å². The van der Waals surface area contributed by atoms with Crippen molar-refractivity contribution in [2.75, 3.05) is 13.2 Å². The molecule has 112 valence electrons. The van der Waals surface area contributed by atoms with Crippen molar-refractivity contribution in [3.63, 3.8) is 0 Å². The van der Waals surface area contributed by atoms with Gasteiger partial charge < -0.3 is 9.84 Å². The summed E-state index contributed by atoms with van der Waals surface area (Å²) < 4.78 is 5.76. The second-order valence-corrected chi connectivity index (χ2v) is 6.61. The summed E-state index contributed by atoms with van der Waals surface area (Å²) in [5.41, 5.74) is 2.74. The van der Waals surface area contributed by atoms with Crippen LogP contribution in [0.5, 0.6) is 5.75 Å². The van der Waals surface area contributed by atoms with Crippen LogP contribution in [0.3, 0.4) is 0 Å². The van der Waals surface area contributed by atoms with Gasteiger partial charge in [-0.1, -0.05) is 52.2 Å². The molecule has 1 heterocycles. The van der Waals surface area contributed by atoms with E-state index in [2.05, 4.69) is 39.0 Å². The Bertz CT molecular complexity index is 437. The Morgan fingerprint density at radius 3 is 2.80 bits per heavy atom. The number of ether oxygens (including phenoxy) is 1. The highest BCUT2D eigenvalue weighted by molar-refractivity contribution is 5.44. The van der Waals surface area contributed by atoms with E-state index in [0.717, 1.165) is 25.2 Å². The van der Waals surface area contributed by atoms with Crippen LogP contribution in [0, 0.1) is 0 Å². The van der Waals surface area contributed by atoms with Gasteiger partial charge in [0.15, 0.2) is 0 Å². The average molecular weight is 276 g/mol. The van der Waals surface area contributed by atoms with Crippen molar-refractivity contribution in [3.05, 3.63) is 29.3 Å². The minimum atomic E-state index is 0.174. The second-order valence-electron chi connectivity index (χ2n) is 6.61. The van der Waals surface area contributed by atoms with Crippen LogP contribution in [0.4, 0.5) is 0 Å². The number of rotatable bonds is 6. The summed E-state index contributed by atoms with van der Waals surface area (Å²) in [5, 5.41) is 9.68. The molecule has 20 heavy (non-hydrogen) atoms. The Labute approximate surface area is 123 Å². The predicted molar refractivity (Wildman–Crippen MR) is 83.5 cm³/mol. The molecular weight excluding hydrogens is 248 g/mol. The first-order valence-electron chi connectivity index (χ1n) is 7.96.